The number of rotatable bonds is 6. The fourth-order valence-electron chi connectivity index (χ4n) is 5.15. The molecule has 1 aromatic heterocycles. The average Bonchev–Trinajstić information content (AvgIpc) is 3.46. The summed E-state index contributed by atoms with van der Waals surface area (Å²) in [5.74, 6) is -2.58. The monoisotopic (exact) mass is 611 g/mol. The molecule has 1 fully saturated rings. The summed E-state index contributed by atoms with van der Waals surface area (Å²) in [5.41, 5.74) is -0.212. The predicted molar refractivity (Wildman–Crippen MR) is 151 cm³/mol. The molecular formula is C29H20F3N3O5S2. The van der Waals surface area contributed by atoms with Crippen molar-refractivity contribution in [1.82, 2.24) is 4.98 Å². The average molecular weight is 612 g/mol. The van der Waals surface area contributed by atoms with Gasteiger partial charge in [0.1, 0.15) is 11.0 Å². The van der Waals surface area contributed by atoms with Gasteiger partial charge in [0.05, 0.1) is 27.9 Å². The molecule has 3 aromatic carbocycles. The molecule has 2 unspecified atom stereocenters. The fraction of sp³-hybridized carbons (Fsp3) is 0.172. The maximum absolute atomic E-state index is 13.7. The largest absolute Gasteiger partial charge is 0.484 e. The van der Waals surface area contributed by atoms with Gasteiger partial charge in [-0.15, -0.1) is 0 Å². The number of amides is 3. The van der Waals surface area contributed by atoms with E-state index in [2.05, 4.69) is 10.3 Å². The number of nitrogens with one attached hydrogen (secondary N) is 2. The zero-order valence-electron chi connectivity index (χ0n) is 21.4. The van der Waals surface area contributed by atoms with Crippen LogP contribution in [0.25, 0.3) is 0 Å². The molecule has 8 nitrogen and oxygen atoms in total. The SMILES string of the molecule is O=C(COc1ccc([C@H]2c3sc(=O)[nH]c3SC3C(=O)N(c4ccccc4)C(=O)C32)cc1)Nc1ccccc1C(F)(F)F. The molecule has 3 atom stereocenters. The Labute approximate surface area is 244 Å². The molecule has 0 bridgehead atoms. The van der Waals surface area contributed by atoms with Crippen molar-refractivity contribution in [1.29, 1.82) is 0 Å². The van der Waals surface area contributed by atoms with Crippen molar-refractivity contribution in [2.24, 2.45) is 5.92 Å². The Morgan fingerprint density at radius 2 is 1.62 bits per heavy atom. The number of hydrogen-bond donors (Lipinski definition) is 2. The molecule has 214 valence electrons. The molecule has 6 rings (SSSR count). The third-order valence-corrected chi connectivity index (χ3v) is 9.36. The lowest BCUT2D eigenvalue weighted by Gasteiger charge is -2.29. The van der Waals surface area contributed by atoms with Crippen LogP contribution in [0.1, 0.15) is 21.9 Å². The van der Waals surface area contributed by atoms with Crippen LogP contribution in [0.2, 0.25) is 0 Å². The number of thiazole rings is 1. The number of halogens is 3. The van der Waals surface area contributed by atoms with Gasteiger partial charge in [0.25, 0.3) is 5.91 Å². The minimum absolute atomic E-state index is 0.266. The van der Waals surface area contributed by atoms with Crippen LogP contribution in [-0.2, 0) is 20.6 Å². The summed E-state index contributed by atoms with van der Waals surface area (Å²) in [4.78, 5) is 56.1. The molecule has 2 aliphatic rings. The highest BCUT2D eigenvalue weighted by Gasteiger charge is 2.56. The van der Waals surface area contributed by atoms with Gasteiger partial charge in [-0.25, -0.2) is 4.90 Å². The maximum Gasteiger partial charge on any atom is 0.418 e. The van der Waals surface area contributed by atoms with E-state index in [1.807, 2.05) is 0 Å². The van der Waals surface area contributed by atoms with Gasteiger partial charge in [-0.05, 0) is 42.0 Å². The molecule has 0 aliphatic carbocycles. The first kappa shape index (κ1) is 27.8. The minimum Gasteiger partial charge on any atom is -0.484 e. The van der Waals surface area contributed by atoms with Gasteiger partial charge in [-0.3, -0.25) is 19.2 Å². The van der Waals surface area contributed by atoms with Gasteiger partial charge in [0, 0.05) is 10.8 Å². The molecule has 1 saturated heterocycles. The molecular weight excluding hydrogens is 591 g/mol. The van der Waals surface area contributed by atoms with E-state index in [0.717, 1.165) is 23.5 Å². The van der Waals surface area contributed by atoms with Crippen LogP contribution in [-0.4, -0.2) is 34.6 Å². The Morgan fingerprint density at radius 1 is 0.929 bits per heavy atom. The summed E-state index contributed by atoms with van der Waals surface area (Å²) < 4.78 is 45.2. The molecule has 3 amide bonds. The number of aromatic nitrogens is 1. The molecule has 2 aliphatic heterocycles. The summed E-state index contributed by atoms with van der Waals surface area (Å²) in [6.45, 7) is -0.543. The van der Waals surface area contributed by atoms with E-state index >= 15 is 0 Å². The first-order valence-corrected chi connectivity index (χ1v) is 14.3. The normalized spacial score (nSPS) is 19.8. The van der Waals surface area contributed by atoms with E-state index in [1.54, 1.807) is 54.6 Å². The van der Waals surface area contributed by atoms with Crippen molar-refractivity contribution in [3.05, 3.63) is 105 Å². The first-order chi connectivity index (χ1) is 20.1. The number of thioether (sulfide) groups is 1. The second-order valence-electron chi connectivity index (χ2n) is 9.55. The first-order valence-electron chi connectivity index (χ1n) is 12.6. The zero-order chi connectivity index (χ0) is 29.6. The van der Waals surface area contributed by atoms with Gasteiger partial charge < -0.3 is 15.0 Å². The second kappa shape index (κ2) is 10.8. The standard InChI is InChI=1S/C29H20F3N3O5S2/c30-29(31,32)18-8-4-5-9-19(18)33-20(36)14-40-17-12-10-15(11-13-17)21-22-24(41-25-23(21)42-28(39)34-25)27(38)35(26(22)37)16-6-2-1-3-7-16/h1-13,21-22,24H,14H2,(H,33,36)(H,34,39)/t21-,22?,24?/m1/s1. The maximum atomic E-state index is 13.7. The van der Waals surface area contributed by atoms with E-state index in [0.29, 0.717) is 21.2 Å². The number of ether oxygens (including phenoxy) is 1. The van der Waals surface area contributed by atoms with Gasteiger partial charge in [-0.1, -0.05) is 65.6 Å². The number of benzene rings is 3. The molecule has 2 N–H and O–H groups in total. The number of carbonyl (C=O) groups excluding carboxylic acids is 3. The van der Waals surface area contributed by atoms with Gasteiger partial charge >= 0.3 is 11.0 Å². The van der Waals surface area contributed by atoms with Crippen molar-refractivity contribution >= 4 is 52.2 Å². The number of hydrogen-bond acceptors (Lipinski definition) is 7. The topological polar surface area (TPSA) is 109 Å². The van der Waals surface area contributed by atoms with Crippen LogP contribution in [0.15, 0.2) is 88.7 Å². The highest BCUT2D eigenvalue weighted by Crippen LogP contribution is 2.53. The molecule has 3 heterocycles. The summed E-state index contributed by atoms with van der Waals surface area (Å²) in [7, 11) is 0. The molecule has 13 heteroatoms. The summed E-state index contributed by atoms with van der Waals surface area (Å²) in [6.07, 6.45) is -4.63. The lowest BCUT2D eigenvalue weighted by Crippen LogP contribution is -2.32. The van der Waals surface area contributed by atoms with Gasteiger partial charge in [-0.2, -0.15) is 13.2 Å². The highest BCUT2D eigenvalue weighted by atomic mass is 32.2. The van der Waals surface area contributed by atoms with Crippen molar-refractivity contribution < 1.29 is 32.3 Å². The van der Waals surface area contributed by atoms with Crippen molar-refractivity contribution in [2.75, 3.05) is 16.8 Å². The highest BCUT2D eigenvalue weighted by molar-refractivity contribution is 8.00. The molecule has 0 saturated carbocycles. The van der Waals surface area contributed by atoms with E-state index in [9.17, 15) is 32.3 Å². The lowest BCUT2D eigenvalue weighted by atomic mass is 9.83. The molecule has 0 radical (unpaired) electrons. The molecule has 42 heavy (non-hydrogen) atoms. The Hall–Kier alpha value is -4.36. The number of H-pyrrole nitrogens is 1. The minimum atomic E-state index is -4.63. The van der Waals surface area contributed by atoms with E-state index in [-0.39, 0.29) is 28.1 Å². The van der Waals surface area contributed by atoms with Crippen LogP contribution >= 0.6 is 23.1 Å². The Morgan fingerprint density at radius 3 is 2.33 bits per heavy atom. The number of imide groups is 1. The molecule has 4 aromatic rings. The molecule has 0 spiro atoms. The third kappa shape index (κ3) is 5.09. The van der Waals surface area contributed by atoms with E-state index in [1.165, 1.54) is 28.8 Å². The van der Waals surface area contributed by atoms with E-state index in [4.69, 9.17) is 4.74 Å². The number of para-hydroxylation sites is 2. The van der Waals surface area contributed by atoms with Crippen LogP contribution < -0.4 is 19.8 Å². The van der Waals surface area contributed by atoms with Crippen LogP contribution in [0.3, 0.4) is 0 Å². The van der Waals surface area contributed by atoms with Crippen LogP contribution in [0, 0.1) is 5.92 Å². The zero-order valence-corrected chi connectivity index (χ0v) is 23.0. The number of carbonyl (C=O) groups is 3. The van der Waals surface area contributed by atoms with Crippen molar-refractivity contribution in [3.8, 4) is 5.75 Å². The smallest absolute Gasteiger partial charge is 0.418 e. The number of fused-ring (bicyclic) bond motifs is 2. The van der Waals surface area contributed by atoms with Crippen LogP contribution in [0.5, 0.6) is 5.75 Å². The van der Waals surface area contributed by atoms with Crippen molar-refractivity contribution in [3.63, 3.8) is 0 Å². The number of alkyl halides is 3. The summed E-state index contributed by atoms with van der Waals surface area (Å²) >= 11 is 2.16. The van der Waals surface area contributed by atoms with Crippen LogP contribution in [0.4, 0.5) is 24.5 Å². The summed E-state index contributed by atoms with van der Waals surface area (Å²) in [5, 5.41) is 2.03. The van der Waals surface area contributed by atoms with Gasteiger partial charge in [0.15, 0.2) is 6.61 Å². The Bertz CT molecular complexity index is 1740. The van der Waals surface area contributed by atoms with Crippen molar-refractivity contribution in [2.45, 2.75) is 22.4 Å². The fourth-order valence-corrected chi connectivity index (χ4v) is 7.67. The predicted octanol–water partition coefficient (Wildman–Crippen LogP) is 5.27. The Kier molecular flexibility index (Phi) is 7.15. The quantitative estimate of drug-likeness (QED) is 0.288. The van der Waals surface area contributed by atoms with Gasteiger partial charge in [0.2, 0.25) is 11.8 Å². The second-order valence-corrected chi connectivity index (χ2v) is 11.7. The van der Waals surface area contributed by atoms with E-state index < -0.39 is 41.3 Å². The third-order valence-electron chi connectivity index (χ3n) is 6.95. The lowest BCUT2D eigenvalue weighted by molar-refractivity contribution is -0.137. The summed E-state index contributed by atoms with van der Waals surface area (Å²) in [6, 6.07) is 19.8. The number of aromatic amines is 1. The Balaban J connectivity index is 1.22. The number of anilines is 2. The number of nitrogens with zero attached hydrogens (tertiary/aromatic N) is 1.